The van der Waals surface area contributed by atoms with Gasteiger partial charge in [0.05, 0.1) is 0 Å². The molecule has 4 heteroatoms. The fraction of sp³-hybridized carbons (Fsp3) is 0.0769. The molecule has 0 amide bonds. The second-order valence-corrected chi connectivity index (χ2v) is 6.56. The van der Waals surface area contributed by atoms with Crippen LogP contribution in [0.5, 0.6) is 11.6 Å². The summed E-state index contributed by atoms with van der Waals surface area (Å²) in [5.41, 5.74) is 3.53. The summed E-state index contributed by atoms with van der Waals surface area (Å²) in [4.78, 5) is 0. The normalized spacial score (nSPS) is 10.0. The van der Waals surface area contributed by atoms with Crippen molar-refractivity contribution in [1.29, 1.82) is 0 Å². The Morgan fingerprint density at radius 3 is 1.80 bits per heavy atom. The number of hydrogen-bond donors (Lipinski definition) is 0. The lowest BCUT2D eigenvalue weighted by molar-refractivity contribution is 0.244. The zero-order valence-electron chi connectivity index (χ0n) is 16.4. The van der Waals surface area contributed by atoms with Crippen molar-refractivity contribution in [3.63, 3.8) is 0 Å². The Kier molecular flexibility index (Phi) is 6.35. The molecule has 4 rings (SSSR count). The summed E-state index contributed by atoms with van der Waals surface area (Å²) in [6.45, 7) is 0.784. The molecule has 0 fully saturated rings. The van der Waals surface area contributed by atoms with E-state index in [1.165, 1.54) is 0 Å². The summed E-state index contributed by atoms with van der Waals surface area (Å²) < 4.78 is 11.9. The largest absolute Gasteiger partial charge is 0.483 e. The van der Waals surface area contributed by atoms with Crippen LogP contribution in [0.1, 0.15) is 22.4 Å². The third-order valence-electron chi connectivity index (χ3n) is 4.29. The van der Waals surface area contributed by atoms with Gasteiger partial charge in [-0.3, -0.25) is 0 Å². The summed E-state index contributed by atoms with van der Waals surface area (Å²) in [5.74, 6) is 6.99. The lowest BCUT2D eigenvalue weighted by Crippen LogP contribution is -2.04. The third kappa shape index (κ3) is 5.46. The first-order valence-electron chi connectivity index (χ1n) is 9.65. The maximum atomic E-state index is 6.01. The maximum Gasteiger partial charge on any atom is 0.276 e. The first-order valence-corrected chi connectivity index (χ1v) is 9.65. The zero-order chi connectivity index (χ0) is 20.4. The maximum absolute atomic E-state index is 6.01. The number of ether oxygens (including phenoxy) is 2. The van der Waals surface area contributed by atoms with Crippen LogP contribution in [-0.2, 0) is 13.2 Å². The minimum absolute atomic E-state index is 0.347. The molecule has 0 aliphatic rings. The third-order valence-corrected chi connectivity index (χ3v) is 4.29. The summed E-state index contributed by atoms with van der Waals surface area (Å²) in [5, 5.41) is 8.41. The van der Waals surface area contributed by atoms with E-state index in [-0.39, 0.29) is 0 Å². The number of rotatable bonds is 6. The van der Waals surface area contributed by atoms with Gasteiger partial charge in [-0.05, 0) is 29.2 Å². The molecule has 30 heavy (non-hydrogen) atoms. The van der Waals surface area contributed by atoms with Gasteiger partial charge in [0.1, 0.15) is 18.9 Å². The van der Waals surface area contributed by atoms with Crippen LogP contribution in [0.15, 0.2) is 97.1 Å². The summed E-state index contributed by atoms with van der Waals surface area (Å²) in [7, 11) is 0. The van der Waals surface area contributed by atoms with Crippen LogP contribution in [0.2, 0.25) is 0 Å². The van der Waals surface area contributed by atoms with E-state index >= 15 is 0 Å². The van der Waals surface area contributed by atoms with Crippen LogP contribution in [0.4, 0.5) is 0 Å². The molecule has 0 unspecified atom stereocenters. The van der Waals surface area contributed by atoms with E-state index in [2.05, 4.69) is 22.0 Å². The minimum atomic E-state index is 0.347. The summed E-state index contributed by atoms with van der Waals surface area (Å²) in [6, 6.07) is 31.4. The SMILES string of the molecule is C(#Cc1cc(OCc2ccccc2)c(OCc2ccccc2)nn1)c1ccccc1. The lowest BCUT2D eigenvalue weighted by atomic mass is 10.2. The van der Waals surface area contributed by atoms with Gasteiger partial charge in [0, 0.05) is 11.6 Å². The highest BCUT2D eigenvalue weighted by molar-refractivity contribution is 5.44. The molecule has 146 valence electrons. The van der Waals surface area contributed by atoms with Crippen molar-refractivity contribution in [3.8, 4) is 23.5 Å². The predicted molar refractivity (Wildman–Crippen MR) is 116 cm³/mol. The van der Waals surface area contributed by atoms with Gasteiger partial charge in [0.25, 0.3) is 5.88 Å². The summed E-state index contributed by atoms with van der Waals surface area (Å²) >= 11 is 0. The van der Waals surface area contributed by atoms with Gasteiger partial charge in [0.15, 0.2) is 5.75 Å². The van der Waals surface area contributed by atoms with Gasteiger partial charge in [-0.2, -0.15) is 0 Å². The number of benzene rings is 3. The van der Waals surface area contributed by atoms with Gasteiger partial charge >= 0.3 is 0 Å². The molecule has 0 radical (unpaired) electrons. The Hall–Kier alpha value is -4.10. The van der Waals surface area contributed by atoms with Gasteiger partial charge < -0.3 is 9.47 Å². The van der Waals surface area contributed by atoms with Crippen LogP contribution < -0.4 is 9.47 Å². The van der Waals surface area contributed by atoms with E-state index < -0.39 is 0 Å². The molecule has 0 aliphatic heterocycles. The Morgan fingerprint density at radius 1 is 0.600 bits per heavy atom. The van der Waals surface area contributed by atoms with E-state index in [4.69, 9.17) is 9.47 Å². The topological polar surface area (TPSA) is 44.2 Å². The van der Waals surface area contributed by atoms with Crippen molar-refractivity contribution in [2.45, 2.75) is 13.2 Å². The molecular weight excluding hydrogens is 372 g/mol. The van der Waals surface area contributed by atoms with Crippen molar-refractivity contribution >= 4 is 0 Å². The van der Waals surface area contributed by atoms with E-state index in [0.29, 0.717) is 30.5 Å². The van der Waals surface area contributed by atoms with Gasteiger partial charge in [-0.15, -0.1) is 10.2 Å². The average molecular weight is 392 g/mol. The fourth-order valence-electron chi connectivity index (χ4n) is 2.75. The van der Waals surface area contributed by atoms with Crippen LogP contribution in [0, 0.1) is 11.8 Å². The van der Waals surface area contributed by atoms with Crippen molar-refractivity contribution in [2.24, 2.45) is 0 Å². The molecule has 0 N–H and O–H groups in total. The van der Waals surface area contributed by atoms with E-state index in [0.717, 1.165) is 16.7 Å². The molecule has 1 heterocycles. The van der Waals surface area contributed by atoms with Gasteiger partial charge in [0.2, 0.25) is 0 Å². The molecule has 0 atom stereocenters. The van der Waals surface area contributed by atoms with Crippen LogP contribution in [0.25, 0.3) is 0 Å². The second kappa shape index (κ2) is 9.90. The first-order chi connectivity index (χ1) is 14.9. The predicted octanol–water partition coefficient (Wildman–Crippen LogP) is 5.03. The lowest BCUT2D eigenvalue weighted by Gasteiger charge is -2.11. The van der Waals surface area contributed by atoms with Crippen molar-refractivity contribution in [3.05, 3.63) is 119 Å². The Balaban J connectivity index is 1.55. The molecule has 4 aromatic rings. The number of hydrogen-bond acceptors (Lipinski definition) is 4. The highest BCUT2D eigenvalue weighted by atomic mass is 16.5. The molecule has 4 nitrogen and oxygen atoms in total. The van der Waals surface area contributed by atoms with Gasteiger partial charge in [-0.25, -0.2) is 0 Å². The standard InChI is InChI=1S/C26H20N2O2/c1-4-10-21(11-5-1)16-17-24-18-25(29-19-22-12-6-2-7-13-22)26(28-27-24)30-20-23-14-8-3-9-15-23/h1-15,18H,19-20H2. The zero-order valence-corrected chi connectivity index (χ0v) is 16.4. The number of nitrogens with zero attached hydrogens (tertiary/aromatic N) is 2. The molecule has 3 aromatic carbocycles. The average Bonchev–Trinajstić information content (AvgIpc) is 2.82. The van der Waals surface area contributed by atoms with Crippen LogP contribution in [-0.4, -0.2) is 10.2 Å². The minimum Gasteiger partial charge on any atom is -0.483 e. The first kappa shape index (κ1) is 19.2. The Morgan fingerprint density at radius 2 is 1.17 bits per heavy atom. The Bertz CT molecular complexity index is 1140. The Labute approximate surface area is 176 Å². The molecule has 1 aromatic heterocycles. The van der Waals surface area contributed by atoms with Crippen molar-refractivity contribution < 1.29 is 9.47 Å². The van der Waals surface area contributed by atoms with E-state index in [1.807, 2.05) is 91.0 Å². The van der Waals surface area contributed by atoms with Crippen molar-refractivity contribution in [1.82, 2.24) is 10.2 Å². The van der Waals surface area contributed by atoms with Gasteiger partial charge in [-0.1, -0.05) is 84.8 Å². The molecule has 0 bridgehead atoms. The smallest absolute Gasteiger partial charge is 0.276 e. The molecule has 0 saturated heterocycles. The highest BCUT2D eigenvalue weighted by Gasteiger charge is 2.10. The molecular formula is C26H20N2O2. The molecule has 0 aliphatic carbocycles. The fourth-order valence-corrected chi connectivity index (χ4v) is 2.75. The second-order valence-electron chi connectivity index (χ2n) is 6.56. The monoisotopic (exact) mass is 392 g/mol. The van der Waals surface area contributed by atoms with Crippen LogP contribution >= 0.6 is 0 Å². The van der Waals surface area contributed by atoms with Crippen molar-refractivity contribution in [2.75, 3.05) is 0 Å². The number of aromatic nitrogens is 2. The highest BCUT2D eigenvalue weighted by Crippen LogP contribution is 2.26. The molecule has 0 spiro atoms. The quantitative estimate of drug-likeness (QED) is 0.432. The molecule has 0 saturated carbocycles. The summed E-state index contributed by atoms with van der Waals surface area (Å²) in [6.07, 6.45) is 0. The van der Waals surface area contributed by atoms with E-state index in [9.17, 15) is 0 Å². The van der Waals surface area contributed by atoms with E-state index in [1.54, 1.807) is 6.07 Å². The van der Waals surface area contributed by atoms with Crippen LogP contribution in [0.3, 0.4) is 0 Å².